The first kappa shape index (κ1) is 15.1. The van der Waals surface area contributed by atoms with E-state index in [1.54, 1.807) is 0 Å². The lowest BCUT2D eigenvalue weighted by atomic mass is 10.2. The van der Waals surface area contributed by atoms with Crippen LogP contribution in [0.15, 0.2) is 24.3 Å². The van der Waals surface area contributed by atoms with E-state index in [0.717, 1.165) is 17.0 Å². The molecule has 0 unspecified atom stereocenters. The number of hydrogen-bond acceptors (Lipinski definition) is 3. The van der Waals surface area contributed by atoms with Crippen LogP contribution in [0.5, 0.6) is 5.75 Å². The number of anilines is 1. The lowest BCUT2D eigenvalue weighted by Gasteiger charge is -2.26. The maximum Gasteiger partial charge on any atom is 0.461 e. The van der Waals surface area contributed by atoms with Crippen LogP contribution in [0.4, 0.5) is 23.2 Å². The SMILES string of the molecule is O=C1CN(c2ccc(OC(F)(F)C(F)F)cc2)C(=O)CN1. The van der Waals surface area contributed by atoms with Crippen molar-refractivity contribution >= 4 is 17.5 Å². The number of piperazine rings is 1. The first-order valence-corrected chi connectivity index (χ1v) is 5.82. The Kier molecular flexibility index (Phi) is 4.01. The van der Waals surface area contributed by atoms with Gasteiger partial charge >= 0.3 is 12.5 Å². The predicted molar refractivity (Wildman–Crippen MR) is 63.4 cm³/mol. The molecular formula is C12H10F4N2O3. The molecular weight excluding hydrogens is 296 g/mol. The summed E-state index contributed by atoms with van der Waals surface area (Å²) in [7, 11) is 0. The van der Waals surface area contributed by atoms with Gasteiger partial charge in [0.1, 0.15) is 12.3 Å². The fourth-order valence-corrected chi connectivity index (χ4v) is 1.69. The molecule has 0 aliphatic carbocycles. The molecule has 1 aliphatic heterocycles. The van der Waals surface area contributed by atoms with E-state index < -0.39 is 18.3 Å². The Morgan fingerprint density at radius 2 is 1.81 bits per heavy atom. The van der Waals surface area contributed by atoms with Gasteiger partial charge < -0.3 is 15.0 Å². The Bertz CT molecular complexity index is 548. The molecule has 0 atom stereocenters. The van der Waals surface area contributed by atoms with Crippen molar-refractivity contribution in [1.82, 2.24) is 5.32 Å². The second kappa shape index (κ2) is 5.58. The highest BCUT2D eigenvalue weighted by Gasteiger charge is 2.43. The van der Waals surface area contributed by atoms with E-state index in [2.05, 4.69) is 10.1 Å². The van der Waals surface area contributed by atoms with Gasteiger partial charge in [0.2, 0.25) is 11.8 Å². The number of alkyl halides is 4. The molecule has 2 amide bonds. The highest BCUT2D eigenvalue weighted by Crippen LogP contribution is 2.29. The molecule has 1 heterocycles. The van der Waals surface area contributed by atoms with E-state index in [-0.39, 0.29) is 30.6 Å². The number of carbonyl (C=O) groups is 2. The summed E-state index contributed by atoms with van der Waals surface area (Å²) in [4.78, 5) is 24.0. The normalized spacial score (nSPS) is 16.1. The van der Waals surface area contributed by atoms with E-state index in [4.69, 9.17) is 0 Å². The maximum absolute atomic E-state index is 12.7. The maximum atomic E-state index is 12.7. The summed E-state index contributed by atoms with van der Waals surface area (Å²) in [5, 5.41) is 2.35. The van der Waals surface area contributed by atoms with Gasteiger partial charge in [-0.3, -0.25) is 9.59 Å². The van der Waals surface area contributed by atoms with Gasteiger partial charge in [-0.2, -0.15) is 17.6 Å². The van der Waals surface area contributed by atoms with Crippen LogP contribution in [-0.2, 0) is 9.59 Å². The van der Waals surface area contributed by atoms with Crippen molar-refractivity contribution in [2.45, 2.75) is 12.5 Å². The van der Waals surface area contributed by atoms with Crippen LogP contribution >= 0.6 is 0 Å². The number of carbonyl (C=O) groups excluding carboxylic acids is 2. The number of nitrogens with one attached hydrogen (secondary N) is 1. The average Bonchev–Trinajstić information content (AvgIpc) is 2.42. The average molecular weight is 306 g/mol. The fraction of sp³-hybridized carbons (Fsp3) is 0.333. The number of nitrogens with zero attached hydrogens (tertiary/aromatic N) is 1. The number of halogens is 4. The summed E-state index contributed by atoms with van der Waals surface area (Å²) < 4.78 is 53.3. The minimum absolute atomic E-state index is 0.166. The Morgan fingerprint density at radius 1 is 1.19 bits per heavy atom. The smallest absolute Gasteiger partial charge is 0.428 e. The molecule has 1 saturated heterocycles. The van der Waals surface area contributed by atoms with Crippen molar-refractivity contribution in [2.24, 2.45) is 0 Å². The molecule has 0 aromatic heterocycles. The standard InChI is InChI=1S/C12H10F4N2O3/c13-11(14)12(15,16)21-8-3-1-7(2-4-8)18-6-9(19)17-5-10(18)20/h1-4,11H,5-6H2,(H,17,19). The van der Waals surface area contributed by atoms with Gasteiger partial charge in [0, 0.05) is 5.69 Å². The first-order valence-electron chi connectivity index (χ1n) is 5.82. The van der Waals surface area contributed by atoms with Crippen molar-refractivity contribution in [2.75, 3.05) is 18.0 Å². The predicted octanol–water partition coefficient (Wildman–Crippen LogP) is 1.39. The summed E-state index contributed by atoms with van der Waals surface area (Å²) >= 11 is 0. The van der Waals surface area contributed by atoms with Gasteiger partial charge in [0.05, 0.1) is 6.54 Å². The molecule has 21 heavy (non-hydrogen) atoms. The minimum atomic E-state index is -4.59. The molecule has 0 saturated carbocycles. The number of rotatable bonds is 4. The molecule has 114 valence electrons. The fourth-order valence-electron chi connectivity index (χ4n) is 1.69. The van der Waals surface area contributed by atoms with Crippen LogP contribution in [0.25, 0.3) is 0 Å². The summed E-state index contributed by atoms with van der Waals surface area (Å²) in [6, 6.07) is 4.50. The van der Waals surface area contributed by atoms with E-state index >= 15 is 0 Å². The second-order valence-electron chi connectivity index (χ2n) is 4.22. The van der Waals surface area contributed by atoms with Gasteiger partial charge in [0.15, 0.2) is 0 Å². The van der Waals surface area contributed by atoms with E-state index in [0.29, 0.717) is 0 Å². The van der Waals surface area contributed by atoms with Crippen molar-refractivity contribution in [1.29, 1.82) is 0 Å². The van der Waals surface area contributed by atoms with E-state index in [9.17, 15) is 27.2 Å². The van der Waals surface area contributed by atoms with Crippen LogP contribution in [0, 0.1) is 0 Å². The number of amides is 2. The van der Waals surface area contributed by atoms with E-state index in [1.807, 2.05) is 0 Å². The largest absolute Gasteiger partial charge is 0.461 e. The third kappa shape index (κ3) is 3.41. The highest BCUT2D eigenvalue weighted by molar-refractivity contribution is 6.04. The summed E-state index contributed by atoms with van der Waals surface area (Å²) in [5.74, 6) is -1.21. The molecule has 1 aromatic carbocycles. The second-order valence-corrected chi connectivity index (χ2v) is 4.22. The molecule has 0 bridgehead atoms. The monoisotopic (exact) mass is 306 g/mol. The lowest BCUT2D eigenvalue weighted by molar-refractivity contribution is -0.253. The summed E-state index contributed by atoms with van der Waals surface area (Å²) in [6.07, 6.45) is -8.55. The minimum Gasteiger partial charge on any atom is -0.428 e. The van der Waals surface area contributed by atoms with E-state index in [1.165, 1.54) is 12.1 Å². The Balaban J connectivity index is 2.12. The summed E-state index contributed by atoms with van der Waals surface area (Å²) in [5.41, 5.74) is 0.280. The van der Waals surface area contributed by atoms with Crippen LogP contribution in [0.1, 0.15) is 0 Å². The first-order chi connectivity index (χ1) is 9.79. The zero-order valence-corrected chi connectivity index (χ0v) is 10.5. The number of benzene rings is 1. The molecule has 5 nitrogen and oxygen atoms in total. The quantitative estimate of drug-likeness (QED) is 0.855. The summed E-state index contributed by atoms with van der Waals surface area (Å²) in [6.45, 7) is -0.368. The zero-order valence-electron chi connectivity index (χ0n) is 10.5. The Morgan fingerprint density at radius 3 is 2.38 bits per heavy atom. The van der Waals surface area contributed by atoms with Gasteiger partial charge in [-0.25, -0.2) is 0 Å². The van der Waals surface area contributed by atoms with Gasteiger partial charge in [0.25, 0.3) is 0 Å². The highest BCUT2D eigenvalue weighted by atomic mass is 19.3. The number of ether oxygens (including phenoxy) is 1. The van der Waals surface area contributed by atoms with Crippen molar-refractivity contribution in [3.05, 3.63) is 24.3 Å². The van der Waals surface area contributed by atoms with Gasteiger partial charge in [-0.05, 0) is 24.3 Å². The molecule has 1 fully saturated rings. The van der Waals surface area contributed by atoms with Crippen LogP contribution in [0.3, 0.4) is 0 Å². The lowest BCUT2D eigenvalue weighted by Crippen LogP contribution is -2.51. The Labute approximate surface area is 116 Å². The molecule has 0 spiro atoms. The number of hydrogen-bond donors (Lipinski definition) is 1. The third-order valence-corrected chi connectivity index (χ3v) is 2.70. The van der Waals surface area contributed by atoms with Gasteiger partial charge in [-0.1, -0.05) is 0 Å². The van der Waals surface area contributed by atoms with Gasteiger partial charge in [-0.15, -0.1) is 0 Å². The zero-order chi connectivity index (χ0) is 15.6. The molecule has 1 aromatic rings. The van der Waals surface area contributed by atoms with Crippen LogP contribution in [-0.4, -0.2) is 37.4 Å². The third-order valence-electron chi connectivity index (χ3n) is 2.70. The molecule has 0 radical (unpaired) electrons. The molecule has 1 N–H and O–H groups in total. The molecule has 1 aliphatic rings. The van der Waals surface area contributed by atoms with Crippen molar-refractivity contribution in [3.8, 4) is 5.75 Å². The van der Waals surface area contributed by atoms with Crippen molar-refractivity contribution < 1.29 is 31.9 Å². The van der Waals surface area contributed by atoms with Crippen LogP contribution in [0.2, 0.25) is 0 Å². The topological polar surface area (TPSA) is 58.6 Å². The Hall–Kier alpha value is -2.32. The molecule has 2 rings (SSSR count). The molecule has 9 heteroatoms. The van der Waals surface area contributed by atoms with Crippen molar-refractivity contribution in [3.63, 3.8) is 0 Å². The van der Waals surface area contributed by atoms with Crippen LogP contribution < -0.4 is 15.0 Å².